The molecule has 0 aliphatic rings. The fourth-order valence-electron chi connectivity index (χ4n) is 1.91. The third-order valence-electron chi connectivity index (χ3n) is 2.99. The van der Waals surface area contributed by atoms with E-state index in [1.165, 1.54) is 18.2 Å². The van der Waals surface area contributed by atoms with Crippen LogP contribution in [0.5, 0.6) is 0 Å². The second-order valence-corrected chi connectivity index (χ2v) is 4.77. The normalized spacial score (nSPS) is 12.4. The van der Waals surface area contributed by atoms with Gasteiger partial charge in [0.25, 0.3) is 0 Å². The molecule has 0 heterocycles. The zero-order valence-corrected chi connectivity index (χ0v) is 11.1. The molecule has 0 aliphatic heterocycles. The average Bonchev–Trinajstić information content (AvgIpc) is 2.41. The maximum absolute atomic E-state index is 13.7. The van der Waals surface area contributed by atoms with E-state index in [9.17, 15) is 13.2 Å². The molecule has 0 amide bonds. The van der Waals surface area contributed by atoms with Crippen molar-refractivity contribution in [3.8, 4) is 0 Å². The molecule has 0 saturated heterocycles. The molecule has 3 N–H and O–H groups in total. The van der Waals surface area contributed by atoms with Crippen molar-refractivity contribution in [1.82, 2.24) is 5.43 Å². The smallest absolute Gasteiger partial charge is 0.159 e. The second-order valence-electron chi connectivity index (χ2n) is 4.33. The van der Waals surface area contributed by atoms with Crippen molar-refractivity contribution in [1.29, 1.82) is 0 Å². The molecular formula is C14H12ClF3N2. The van der Waals surface area contributed by atoms with Gasteiger partial charge < -0.3 is 0 Å². The third-order valence-corrected chi connectivity index (χ3v) is 3.22. The first-order chi connectivity index (χ1) is 9.51. The topological polar surface area (TPSA) is 38.0 Å². The van der Waals surface area contributed by atoms with Crippen LogP contribution in [0.15, 0.2) is 36.4 Å². The maximum Gasteiger partial charge on any atom is 0.159 e. The highest BCUT2D eigenvalue weighted by atomic mass is 35.5. The summed E-state index contributed by atoms with van der Waals surface area (Å²) in [7, 11) is 0. The van der Waals surface area contributed by atoms with E-state index in [0.29, 0.717) is 11.1 Å². The van der Waals surface area contributed by atoms with Gasteiger partial charge in [-0.05, 0) is 41.8 Å². The van der Waals surface area contributed by atoms with E-state index < -0.39 is 23.5 Å². The minimum absolute atomic E-state index is 0.185. The van der Waals surface area contributed by atoms with Gasteiger partial charge in [-0.25, -0.2) is 13.2 Å². The number of hydrogen-bond donors (Lipinski definition) is 2. The predicted molar refractivity (Wildman–Crippen MR) is 71.5 cm³/mol. The van der Waals surface area contributed by atoms with Gasteiger partial charge in [0.05, 0.1) is 6.04 Å². The van der Waals surface area contributed by atoms with Gasteiger partial charge in [-0.2, -0.15) is 0 Å². The van der Waals surface area contributed by atoms with Crippen molar-refractivity contribution >= 4 is 11.6 Å². The fourth-order valence-corrected chi connectivity index (χ4v) is 2.07. The number of hydrogen-bond acceptors (Lipinski definition) is 2. The standard InChI is InChI=1S/C14H12ClF3N2/c15-10-3-1-8(12(17)7-10)6-14(20-19)9-2-4-11(16)13(18)5-9/h1-5,7,14,20H,6,19H2. The van der Waals surface area contributed by atoms with Crippen molar-refractivity contribution in [2.75, 3.05) is 0 Å². The monoisotopic (exact) mass is 300 g/mol. The van der Waals surface area contributed by atoms with Crippen molar-refractivity contribution in [3.63, 3.8) is 0 Å². The Labute approximate surface area is 119 Å². The zero-order valence-electron chi connectivity index (χ0n) is 10.3. The molecule has 6 heteroatoms. The molecule has 2 aromatic carbocycles. The Kier molecular flexibility index (Phi) is 4.65. The van der Waals surface area contributed by atoms with Gasteiger partial charge in [-0.1, -0.05) is 23.7 Å². The number of benzene rings is 2. The molecule has 106 valence electrons. The summed E-state index contributed by atoms with van der Waals surface area (Å²) in [6.07, 6.45) is 0.185. The van der Waals surface area contributed by atoms with Gasteiger partial charge in [0, 0.05) is 5.02 Å². The summed E-state index contributed by atoms with van der Waals surface area (Å²) in [4.78, 5) is 0. The van der Waals surface area contributed by atoms with Gasteiger partial charge in [0.1, 0.15) is 5.82 Å². The average molecular weight is 301 g/mol. The van der Waals surface area contributed by atoms with Crippen molar-refractivity contribution in [2.24, 2.45) is 5.84 Å². The summed E-state index contributed by atoms with van der Waals surface area (Å²) >= 11 is 5.67. The van der Waals surface area contributed by atoms with E-state index in [-0.39, 0.29) is 11.4 Å². The zero-order chi connectivity index (χ0) is 14.7. The Balaban J connectivity index is 2.26. The van der Waals surface area contributed by atoms with Gasteiger partial charge in [0.15, 0.2) is 11.6 Å². The summed E-state index contributed by atoms with van der Waals surface area (Å²) < 4.78 is 39.8. The van der Waals surface area contributed by atoms with Crippen LogP contribution in [0.1, 0.15) is 17.2 Å². The van der Waals surface area contributed by atoms with Crippen LogP contribution in [0.25, 0.3) is 0 Å². The first kappa shape index (κ1) is 14.8. The summed E-state index contributed by atoms with van der Waals surface area (Å²) in [5, 5.41) is 0.288. The number of nitrogens with one attached hydrogen (secondary N) is 1. The fraction of sp³-hybridized carbons (Fsp3) is 0.143. The molecule has 2 aromatic rings. The van der Waals surface area contributed by atoms with Crippen molar-refractivity contribution < 1.29 is 13.2 Å². The van der Waals surface area contributed by atoms with E-state index in [2.05, 4.69) is 5.43 Å². The SMILES string of the molecule is NNC(Cc1ccc(Cl)cc1F)c1ccc(F)c(F)c1. The van der Waals surface area contributed by atoms with E-state index in [4.69, 9.17) is 17.4 Å². The highest BCUT2D eigenvalue weighted by Gasteiger charge is 2.15. The molecule has 20 heavy (non-hydrogen) atoms. The molecule has 0 aromatic heterocycles. The molecule has 0 radical (unpaired) electrons. The van der Waals surface area contributed by atoms with E-state index >= 15 is 0 Å². The molecule has 0 fully saturated rings. The predicted octanol–water partition coefficient (Wildman–Crippen LogP) is 3.50. The lowest BCUT2D eigenvalue weighted by Crippen LogP contribution is -2.30. The van der Waals surface area contributed by atoms with Crippen LogP contribution in [-0.2, 0) is 6.42 Å². The summed E-state index contributed by atoms with van der Waals surface area (Å²) in [6, 6.07) is 7.18. The Morgan fingerprint density at radius 2 is 1.75 bits per heavy atom. The van der Waals surface area contributed by atoms with E-state index in [1.807, 2.05) is 0 Å². The van der Waals surface area contributed by atoms with Crippen LogP contribution in [-0.4, -0.2) is 0 Å². The third kappa shape index (κ3) is 3.30. The van der Waals surface area contributed by atoms with Crippen LogP contribution in [0.4, 0.5) is 13.2 Å². The summed E-state index contributed by atoms with van der Waals surface area (Å²) in [5.41, 5.74) is 3.27. The Morgan fingerprint density at radius 3 is 2.35 bits per heavy atom. The lowest BCUT2D eigenvalue weighted by atomic mass is 9.99. The lowest BCUT2D eigenvalue weighted by molar-refractivity contribution is 0.494. The first-order valence-corrected chi connectivity index (χ1v) is 6.24. The first-order valence-electron chi connectivity index (χ1n) is 5.86. The van der Waals surface area contributed by atoms with Crippen LogP contribution in [0.2, 0.25) is 5.02 Å². The largest absolute Gasteiger partial charge is 0.271 e. The lowest BCUT2D eigenvalue weighted by Gasteiger charge is -2.17. The highest BCUT2D eigenvalue weighted by Crippen LogP contribution is 2.23. The number of nitrogens with two attached hydrogens (primary N) is 1. The van der Waals surface area contributed by atoms with E-state index in [1.54, 1.807) is 6.07 Å². The number of rotatable bonds is 4. The summed E-state index contributed by atoms with van der Waals surface area (Å²) in [6.45, 7) is 0. The molecular weight excluding hydrogens is 289 g/mol. The van der Waals surface area contributed by atoms with Crippen LogP contribution >= 0.6 is 11.6 Å². The van der Waals surface area contributed by atoms with Gasteiger partial charge >= 0.3 is 0 Å². The molecule has 0 saturated carbocycles. The molecule has 1 unspecified atom stereocenters. The molecule has 0 spiro atoms. The van der Waals surface area contributed by atoms with Crippen LogP contribution < -0.4 is 11.3 Å². The molecule has 2 rings (SSSR count). The summed E-state index contributed by atoms with van der Waals surface area (Å²) in [5.74, 6) is 3.02. The number of halogens is 4. The Hall–Kier alpha value is -1.56. The quantitative estimate of drug-likeness (QED) is 0.670. The van der Waals surface area contributed by atoms with Crippen molar-refractivity contribution in [3.05, 3.63) is 70.0 Å². The second kappa shape index (κ2) is 6.26. The van der Waals surface area contributed by atoms with Gasteiger partial charge in [-0.15, -0.1) is 0 Å². The van der Waals surface area contributed by atoms with E-state index in [0.717, 1.165) is 12.1 Å². The van der Waals surface area contributed by atoms with Crippen molar-refractivity contribution in [2.45, 2.75) is 12.5 Å². The minimum atomic E-state index is -0.973. The van der Waals surface area contributed by atoms with Gasteiger partial charge in [0.2, 0.25) is 0 Å². The van der Waals surface area contributed by atoms with Gasteiger partial charge in [-0.3, -0.25) is 11.3 Å². The molecule has 0 bridgehead atoms. The minimum Gasteiger partial charge on any atom is -0.271 e. The molecule has 2 nitrogen and oxygen atoms in total. The number of hydrazine groups is 1. The Bertz CT molecular complexity index is 619. The molecule has 0 aliphatic carbocycles. The van der Waals surface area contributed by atoms with Crippen LogP contribution in [0.3, 0.4) is 0 Å². The molecule has 1 atom stereocenters. The Morgan fingerprint density at radius 1 is 1.00 bits per heavy atom. The van der Waals surface area contributed by atoms with Crippen LogP contribution in [0, 0.1) is 17.5 Å². The highest BCUT2D eigenvalue weighted by molar-refractivity contribution is 6.30. The maximum atomic E-state index is 13.7.